The van der Waals surface area contributed by atoms with Crippen LogP contribution < -0.4 is 4.74 Å². The number of carbonyl (C=O) groups is 1. The molecule has 0 atom stereocenters. The van der Waals surface area contributed by atoms with Crippen molar-refractivity contribution in [2.24, 2.45) is 0 Å². The molecule has 0 radical (unpaired) electrons. The fraction of sp³-hybridized carbons (Fsp3) is 0.150. The van der Waals surface area contributed by atoms with E-state index in [1.165, 1.54) is 0 Å². The first-order valence-corrected chi connectivity index (χ1v) is 8.85. The number of nitrogens with zero attached hydrogens (tertiary/aromatic N) is 2. The molecule has 0 fully saturated rings. The lowest BCUT2D eigenvalue weighted by Crippen LogP contribution is -1.96. The van der Waals surface area contributed by atoms with Crippen LogP contribution in [0.5, 0.6) is 5.75 Å². The Morgan fingerprint density at radius 1 is 1.19 bits per heavy atom. The normalized spacial score (nSPS) is 11.3. The summed E-state index contributed by atoms with van der Waals surface area (Å²) in [5.74, 6) is -0.215. The Balaban J connectivity index is 1.91. The van der Waals surface area contributed by atoms with Crippen LogP contribution in [0.2, 0.25) is 0 Å². The molecule has 2 aromatic carbocycles. The standard InChI is InChI=1S/C20H16N2O3S/c21-11-12-25-16-8-5-14(6-9-16)13-15(7-10-19(23)24)20-22-17-3-1-2-4-18(17)26-20/h1-6,8-9,13H,7,10,12H2,(H,23,24)/b15-13+. The number of thiazole rings is 1. The van der Waals surface area contributed by atoms with Gasteiger partial charge in [0, 0.05) is 6.42 Å². The molecule has 0 aliphatic heterocycles. The maximum atomic E-state index is 11.0. The highest BCUT2D eigenvalue weighted by Crippen LogP contribution is 2.31. The van der Waals surface area contributed by atoms with Gasteiger partial charge in [0.1, 0.15) is 16.8 Å². The molecule has 0 saturated heterocycles. The van der Waals surface area contributed by atoms with E-state index in [-0.39, 0.29) is 13.0 Å². The molecule has 1 aromatic heterocycles. The quantitative estimate of drug-likeness (QED) is 0.662. The summed E-state index contributed by atoms with van der Waals surface area (Å²) in [7, 11) is 0. The molecule has 26 heavy (non-hydrogen) atoms. The lowest BCUT2D eigenvalue weighted by Gasteiger charge is -2.05. The number of carboxylic acids is 1. The van der Waals surface area contributed by atoms with Gasteiger partial charge in [-0.05, 0) is 47.9 Å². The van der Waals surface area contributed by atoms with Gasteiger partial charge in [-0.1, -0.05) is 24.3 Å². The zero-order valence-corrected chi connectivity index (χ0v) is 14.7. The zero-order valence-electron chi connectivity index (χ0n) is 13.9. The minimum absolute atomic E-state index is 0.00471. The van der Waals surface area contributed by atoms with Gasteiger partial charge in [0.05, 0.1) is 10.2 Å². The summed E-state index contributed by atoms with van der Waals surface area (Å²) < 4.78 is 6.32. The highest BCUT2D eigenvalue weighted by Gasteiger charge is 2.11. The Morgan fingerprint density at radius 2 is 1.96 bits per heavy atom. The van der Waals surface area contributed by atoms with E-state index >= 15 is 0 Å². The highest BCUT2D eigenvalue weighted by molar-refractivity contribution is 7.19. The number of para-hydroxylation sites is 1. The van der Waals surface area contributed by atoms with Crippen LogP contribution in [-0.4, -0.2) is 22.7 Å². The lowest BCUT2D eigenvalue weighted by molar-refractivity contribution is -0.136. The van der Waals surface area contributed by atoms with Crippen molar-refractivity contribution in [2.45, 2.75) is 12.8 Å². The van der Waals surface area contributed by atoms with E-state index in [4.69, 9.17) is 15.1 Å². The molecule has 0 saturated carbocycles. The van der Waals surface area contributed by atoms with Crippen molar-refractivity contribution in [3.05, 3.63) is 59.1 Å². The van der Waals surface area contributed by atoms with Gasteiger partial charge < -0.3 is 9.84 Å². The summed E-state index contributed by atoms with van der Waals surface area (Å²) in [6.45, 7) is 0.00471. The number of nitriles is 1. The number of aromatic nitrogens is 1. The van der Waals surface area contributed by atoms with E-state index in [9.17, 15) is 4.79 Å². The first kappa shape index (κ1) is 17.6. The third-order valence-corrected chi connectivity index (χ3v) is 4.81. The van der Waals surface area contributed by atoms with Gasteiger partial charge in [0.2, 0.25) is 0 Å². The highest BCUT2D eigenvalue weighted by atomic mass is 32.1. The second-order valence-electron chi connectivity index (χ2n) is 5.57. The largest absolute Gasteiger partial charge is 0.481 e. The predicted octanol–water partition coefficient (Wildman–Crippen LogP) is 4.60. The van der Waals surface area contributed by atoms with Crippen LogP contribution in [0.15, 0.2) is 48.5 Å². The molecule has 1 heterocycles. The van der Waals surface area contributed by atoms with Crippen molar-refractivity contribution in [2.75, 3.05) is 6.61 Å². The zero-order chi connectivity index (χ0) is 18.4. The number of aliphatic carboxylic acids is 1. The van der Waals surface area contributed by atoms with Crippen LogP contribution in [0, 0.1) is 11.3 Å². The molecule has 0 spiro atoms. The summed E-state index contributed by atoms with van der Waals surface area (Å²) in [4.78, 5) is 15.7. The van der Waals surface area contributed by atoms with Crippen molar-refractivity contribution in [3.8, 4) is 11.8 Å². The predicted molar refractivity (Wildman–Crippen MR) is 102 cm³/mol. The average molecular weight is 364 g/mol. The van der Waals surface area contributed by atoms with E-state index < -0.39 is 5.97 Å². The van der Waals surface area contributed by atoms with E-state index in [0.29, 0.717) is 12.2 Å². The summed E-state index contributed by atoms with van der Waals surface area (Å²) in [6, 6.07) is 17.1. The molecule has 0 amide bonds. The molecule has 0 bridgehead atoms. The van der Waals surface area contributed by atoms with Crippen LogP contribution >= 0.6 is 11.3 Å². The van der Waals surface area contributed by atoms with Crippen LogP contribution in [0.4, 0.5) is 0 Å². The topological polar surface area (TPSA) is 83.2 Å². The summed E-state index contributed by atoms with van der Waals surface area (Å²) in [6.07, 6.45) is 2.40. The first-order valence-electron chi connectivity index (χ1n) is 8.04. The van der Waals surface area contributed by atoms with Gasteiger partial charge in [-0.15, -0.1) is 11.3 Å². The number of carboxylic acid groups (broad SMARTS) is 1. The molecule has 0 aliphatic carbocycles. The molecular formula is C20H16N2O3S. The van der Waals surface area contributed by atoms with Crippen molar-refractivity contribution < 1.29 is 14.6 Å². The van der Waals surface area contributed by atoms with E-state index in [0.717, 1.165) is 26.4 Å². The van der Waals surface area contributed by atoms with Crippen molar-refractivity contribution in [1.29, 1.82) is 5.26 Å². The Morgan fingerprint density at radius 3 is 2.65 bits per heavy atom. The van der Waals surface area contributed by atoms with E-state index in [1.54, 1.807) is 23.5 Å². The van der Waals surface area contributed by atoms with Crippen LogP contribution in [0.1, 0.15) is 23.4 Å². The lowest BCUT2D eigenvalue weighted by atomic mass is 10.1. The van der Waals surface area contributed by atoms with Gasteiger partial charge in [-0.2, -0.15) is 5.26 Å². The Bertz CT molecular complexity index is 951. The van der Waals surface area contributed by atoms with Crippen LogP contribution in [0.3, 0.4) is 0 Å². The minimum Gasteiger partial charge on any atom is -0.481 e. The number of ether oxygens (including phenoxy) is 1. The molecule has 1 N–H and O–H groups in total. The number of allylic oxidation sites excluding steroid dienone is 1. The van der Waals surface area contributed by atoms with Crippen molar-refractivity contribution in [3.63, 3.8) is 0 Å². The van der Waals surface area contributed by atoms with Crippen LogP contribution in [0.25, 0.3) is 21.9 Å². The number of rotatable bonds is 7. The molecule has 3 rings (SSSR count). The summed E-state index contributed by atoms with van der Waals surface area (Å²) in [5, 5.41) is 18.4. The van der Waals surface area contributed by atoms with Gasteiger partial charge in [0.15, 0.2) is 6.61 Å². The number of fused-ring (bicyclic) bond motifs is 1. The first-order chi connectivity index (χ1) is 12.7. The molecule has 130 valence electrons. The molecule has 6 heteroatoms. The summed E-state index contributed by atoms with van der Waals surface area (Å²) >= 11 is 1.56. The SMILES string of the molecule is N#CCOc1ccc(/C=C(\CCC(=O)O)c2nc3ccccc3s2)cc1. The Labute approximate surface area is 154 Å². The Kier molecular flexibility index (Phi) is 5.62. The molecule has 3 aromatic rings. The molecular weight excluding hydrogens is 348 g/mol. The Hall–Kier alpha value is -3.17. The van der Waals surface area contributed by atoms with Gasteiger partial charge in [-0.25, -0.2) is 4.98 Å². The van der Waals surface area contributed by atoms with Gasteiger partial charge >= 0.3 is 5.97 Å². The fourth-order valence-corrected chi connectivity index (χ4v) is 3.48. The van der Waals surface area contributed by atoms with Crippen molar-refractivity contribution >= 4 is 39.2 Å². The van der Waals surface area contributed by atoms with Crippen LogP contribution in [-0.2, 0) is 4.79 Å². The maximum Gasteiger partial charge on any atom is 0.303 e. The maximum absolute atomic E-state index is 11.0. The number of benzene rings is 2. The third-order valence-electron chi connectivity index (χ3n) is 3.70. The monoisotopic (exact) mass is 364 g/mol. The fourth-order valence-electron chi connectivity index (χ4n) is 2.47. The molecule has 0 unspecified atom stereocenters. The third kappa shape index (κ3) is 4.47. The smallest absolute Gasteiger partial charge is 0.303 e. The average Bonchev–Trinajstić information content (AvgIpc) is 3.08. The second kappa shape index (κ2) is 8.28. The number of hydrogen-bond donors (Lipinski definition) is 1. The number of hydrogen-bond acceptors (Lipinski definition) is 5. The van der Waals surface area contributed by atoms with Gasteiger partial charge in [0.25, 0.3) is 0 Å². The van der Waals surface area contributed by atoms with Gasteiger partial charge in [-0.3, -0.25) is 4.79 Å². The minimum atomic E-state index is -0.836. The summed E-state index contributed by atoms with van der Waals surface area (Å²) in [5.41, 5.74) is 2.72. The second-order valence-corrected chi connectivity index (χ2v) is 6.60. The molecule has 5 nitrogen and oxygen atoms in total. The van der Waals surface area contributed by atoms with E-state index in [1.807, 2.05) is 48.5 Å². The van der Waals surface area contributed by atoms with E-state index in [2.05, 4.69) is 4.98 Å². The molecule has 0 aliphatic rings. The van der Waals surface area contributed by atoms with Crippen molar-refractivity contribution in [1.82, 2.24) is 4.98 Å².